The fourth-order valence-corrected chi connectivity index (χ4v) is 2.07. The molecule has 6 heteroatoms. The summed E-state index contributed by atoms with van der Waals surface area (Å²) in [5, 5.41) is 5.07. The van der Waals surface area contributed by atoms with E-state index in [1.165, 1.54) is 0 Å². The molecule has 0 aliphatic rings. The number of fused-ring (bicyclic) bond motifs is 1. The van der Waals surface area contributed by atoms with Crippen LogP contribution in [0.15, 0.2) is 53.6 Å². The summed E-state index contributed by atoms with van der Waals surface area (Å²) >= 11 is 11.9. The summed E-state index contributed by atoms with van der Waals surface area (Å²) < 4.78 is 0. The number of benzene rings is 2. The molecule has 4 nitrogen and oxygen atoms in total. The number of para-hydroxylation sites is 2. The maximum Gasteiger partial charge on any atom is 0.185 e. The zero-order valence-electron chi connectivity index (χ0n) is 10.8. The highest BCUT2D eigenvalue weighted by Gasteiger charge is 2.05. The quantitative estimate of drug-likeness (QED) is 0.576. The monoisotopic (exact) mass is 316 g/mol. The maximum atomic E-state index is 6.08. The van der Waals surface area contributed by atoms with Crippen LogP contribution >= 0.6 is 23.2 Å². The Morgan fingerprint density at radius 1 is 0.905 bits per heavy atom. The SMILES string of the molecule is Clc1ccc(/C=N\Nc2nc3ccccc3nc2Cl)cc1. The minimum atomic E-state index is 0.280. The molecule has 0 aliphatic heterocycles. The first-order chi connectivity index (χ1) is 10.2. The first kappa shape index (κ1) is 13.8. The Kier molecular flexibility index (Phi) is 3.99. The molecule has 104 valence electrons. The fourth-order valence-electron chi connectivity index (χ4n) is 1.77. The van der Waals surface area contributed by atoms with Gasteiger partial charge in [0.25, 0.3) is 0 Å². The van der Waals surface area contributed by atoms with E-state index >= 15 is 0 Å². The largest absolute Gasteiger partial charge is 0.259 e. The summed E-state index contributed by atoms with van der Waals surface area (Å²) in [5.74, 6) is 0.417. The van der Waals surface area contributed by atoms with Crippen molar-refractivity contribution in [1.29, 1.82) is 0 Å². The van der Waals surface area contributed by atoms with E-state index in [0.29, 0.717) is 10.8 Å². The number of hydrogen-bond acceptors (Lipinski definition) is 4. The second-order valence-electron chi connectivity index (χ2n) is 4.27. The third kappa shape index (κ3) is 3.29. The van der Waals surface area contributed by atoms with Gasteiger partial charge in [0, 0.05) is 5.02 Å². The molecule has 0 fully saturated rings. The van der Waals surface area contributed by atoms with Gasteiger partial charge in [0.1, 0.15) is 0 Å². The zero-order valence-corrected chi connectivity index (χ0v) is 12.3. The van der Waals surface area contributed by atoms with Crippen LogP contribution in [-0.4, -0.2) is 16.2 Å². The molecular weight excluding hydrogens is 307 g/mol. The molecule has 0 amide bonds. The van der Waals surface area contributed by atoms with Crippen molar-refractivity contribution in [2.75, 3.05) is 5.43 Å². The van der Waals surface area contributed by atoms with E-state index in [4.69, 9.17) is 23.2 Å². The number of halogens is 2. The minimum Gasteiger partial charge on any atom is -0.259 e. The first-order valence-corrected chi connectivity index (χ1v) is 6.95. The van der Waals surface area contributed by atoms with Gasteiger partial charge in [0.2, 0.25) is 0 Å². The highest BCUT2D eigenvalue weighted by atomic mass is 35.5. The van der Waals surface area contributed by atoms with Gasteiger partial charge in [-0.15, -0.1) is 0 Å². The summed E-state index contributed by atoms with van der Waals surface area (Å²) in [4.78, 5) is 8.64. The van der Waals surface area contributed by atoms with Crippen LogP contribution < -0.4 is 5.43 Å². The average Bonchev–Trinajstić information content (AvgIpc) is 2.50. The Labute approximate surface area is 131 Å². The van der Waals surface area contributed by atoms with Crippen molar-refractivity contribution >= 4 is 46.3 Å². The lowest BCUT2D eigenvalue weighted by molar-refractivity contribution is 1.22. The highest BCUT2D eigenvalue weighted by Crippen LogP contribution is 2.20. The molecule has 1 N–H and O–H groups in total. The van der Waals surface area contributed by atoms with E-state index in [-0.39, 0.29) is 5.15 Å². The van der Waals surface area contributed by atoms with Crippen LogP contribution in [0.2, 0.25) is 10.2 Å². The lowest BCUT2D eigenvalue weighted by Crippen LogP contribution is -1.97. The molecule has 2 aromatic carbocycles. The highest BCUT2D eigenvalue weighted by molar-refractivity contribution is 6.32. The molecule has 0 spiro atoms. The van der Waals surface area contributed by atoms with Gasteiger partial charge < -0.3 is 0 Å². The van der Waals surface area contributed by atoms with E-state index in [9.17, 15) is 0 Å². The summed E-state index contributed by atoms with van der Waals surface area (Å²) in [6.07, 6.45) is 1.66. The number of hydrogen-bond donors (Lipinski definition) is 1. The molecule has 0 atom stereocenters. The summed E-state index contributed by atoms with van der Waals surface area (Å²) in [6, 6.07) is 14.8. The molecule has 0 saturated heterocycles. The normalized spacial score (nSPS) is 11.1. The van der Waals surface area contributed by atoms with Crippen molar-refractivity contribution in [3.05, 3.63) is 64.3 Å². The van der Waals surface area contributed by atoms with Gasteiger partial charge in [-0.25, -0.2) is 9.97 Å². The number of aromatic nitrogens is 2. The third-order valence-corrected chi connectivity index (χ3v) is 3.30. The molecule has 3 aromatic rings. The third-order valence-electron chi connectivity index (χ3n) is 2.78. The lowest BCUT2D eigenvalue weighted by atomic mass is 10.2. The van der Waals surface area contributed by atoms with Crippen LogP contribution in [-0.2, 0) is 0 Å². The average molecular weight is 317 g/mol. The van der Waals surface area contributed by atoms with E-state index < -0.39 is 0 Å². The molecule has 1 heterocycles. The predicted octanol–water partition coefficient (Wildman–Crippen LogP) is 4.38. The molecule has 0 bridgehead atoms. The predicted molar refractivity (Wildman–Crippen MR) is 87.2 cm³/mol. The summed E-state index contributed by atoms with van der Waals surface area (Å²) in [7, 11) is 0. The summed E-state index contributed by atoms with van der Waals surface area (Å²) in [5.41, 5.74) is 5.21. The Bertz CT molecular complexity index is 800. The van der Waals surface area contributed by atoms with Gasteiger partial charge in [-0.3, -0.25) is 5.43 Å². The van der Waals surface area contributed by atoms with Crippen LogP contribution in [0.25, 0.3) is 11.0 Å². The van der Waals surface area contributed by atoms with Gasteiger partial charge in [-0.2, -0.15) is 5.10 Å². The van der Waals surface area contributed by atoms with Gasteiger partial charge >= 0.3 is 0 Å². The number of hydrazone groups is 1. The van der Waals surface area contributed by atoms with E-state index in [0.717, 1.165) is 16.6 Å². The van der Waals surface area contributed by atoms with E-state index in [1.54, 1.807) is 18.3 Å². The lowest BCUT2D eigenvalue weighted by Gasteiger charge is -2.03. The van der Waals surface area contributed by atoms with Crippen molar-refractivity contribution in [3.63, 3.8) is 0 Å². The van der Waals surface area contributed by atoms with Crippen LogP contribution in [0, 0.1) is 0 Å². The molecule has 3 rings (SSSR count). The molecule has 0 aliphatic carbocycles. The fraction of sp³-hybridized carbons (Fsp3) is 0. The molecular formula is C15H10Cl2N4. The van der Waals surface area contributed by atoms with Crippen molar-refractivity contribution < 1.29 is 0 Å². The topological polar surface area (TPSA) is 50.2 Å². The molecule has 0 saturated carbocycles. The standard InChI is InChI=1S/C15H10Cl2N4/c16-11-7-5-10(6-8-11)9-18-21-15-14(17)19-12-3-1-2-4-13(12)20-15/h1-9H,(H,20,21)/b18-9-. The first-order valence-electron chi connectivity index (χ1n) is 6.19. The van der Waals surface area contributed by atoms with Gasteiger partial charge in [0.15, 0.2) is 11.0 Å². The zero-order chi connectivity index (χ0) is 14.7. The smallest absolute Gasteiger partial charge is 0.185 e. The van der Waals surface area contributed by atoms with Crippen molar-refractivity contribution in [2.24, 2.45) is 5.10 Å². The van der Waals surface area contributed by atoms with Gasteiger partial charge in [-0.1, -0.05) is 47.5 Å². The van der Waals surface area contributed by atoms with Crippen molar-refractivity contribution in [3.8, 4) is 0 Å². The second-order valence-corrected chi connectivity index (χ2v) is 5.07. The number of nitrogens with one attached hydrogen (secondary N) is 1. The van der Waals surface area contributed by atoms with Crippen molar-refractivity contribution in [1.82, 2.24) is 9.97 Å². The molecule has 1 aromatic heterocycles. The van der Waals surface area contributed by atoms with Crippen LogP contribution in [0.5, 0.6) is 0 Å². The maximum absolute atomic E-state index is 6.08. The Morgan fingerprint density at radius 2 is 1.57 bits per heavy atom. The number of nitrogens with zero attached hydrogens (tertiary/aromatic N) is 3. The van der Waals surface area contributed by atoms with Gasteiger partial charge in [0.05, 0.1) is 17.2 Å². The Hall–Kier alpha value is -2.17. The second kappa shape index (κ2) is 6.08. The number of rotatable bonds is 3. The molecule has 21 heavy (non-hydrogen) atoms. The summed E-state index contributed by atoms with van der Waals surface area (Å²) in [6.45, 7) is 0. The Morgan fingerprint density at radius 3 is 2.29 bits per heavy atom. The van der Waals surface area contributed by atoms with Gasteiger partial charge in [-0.05, 0) is 29.8 Å². The number of anilines is 1. The molecule has 0 unspecified atom stereocenters. The van der Waals surface area contributed by atoms with Crippen LogP contribution in [0.1, 0.15) is 5.56 Å². The van der Waals surface area contributed by atoms with E-state index in [2.05, 4.69) is 20.5 Å². The molecule has 0 radical (unpaired) electrons. The van der Waals surface area contributed by atoms with Crippen LogP contribution in [0.4, 0.5) is 5.82 Å². The van der Waals surface area contributed by atoms with E-state index in [1.807, 2.05) is 36.4 Å². The Balaban J connectivity index is 1.81. The minimum absolute atomic E-state index is 0.280. The van der Waals surface area contributed by atoms with Crippen LogP contribution in [0.3, 0.4) is 0 Å². The van der Waals surface area contributed by atoms with Crippen molar-refractivity contribution in [2.45, 2.75) is 0 Å².